The molecule has 2 unspecified atom stereocenters. The van der Waals surface area contributed by atoms with Crippen LogP contribution in [0.2, 0.25) is 0 Å². The van der Waals surface area contributed by atoms with Crippen molar-refractivity contribution >= 4 is 5.91 Å². The van der Waals surface area contributed by atoms with Gasteiger partial charge in [0.2, 0.25) is 5.91 Å². The van der Waals surface area contributed by atoms with Gasteiger partial charge in [0.25, 0.3) is 0 Å². The third kappa shape index (κ3) is 2.05. The molecule has 1 aromatic carbocycles. The average Bonchev–Trinajstić information content (AvgIpc) is 3.12. The van der Waals surface area contributed by atoms with E-state index in [1.807, 2.05) is 13.8 Å². The number of amides is 1. The zero-order chi connectivity index (χ0) is 14.7. The standard InChI is InChI=1S/C17H23NO2/c1-9-7-12(11-5-6-11)8-10(2)13(9)14-15(19)17(3,4)18-16(14)20/h7-8,11,14-15,19H,5-6H2,1-4H3,(H,18,20). The lowest BCUT2D eigenvalue weighted by molar-refractivity contribution is -0.121. The van der Waals surface area contributed by atoms with Crippen LogP contribution in [0.15, 0.2) is 12.1 Å². The minimum Gasteiger partial charge on any atom is -0.390 e. The number of carbonyl (C=O) groups is 1. The van der Waals surface area contributed by atoms with Crippen molar-refractivity contribution < 1.29 is 9.90 Å². The second-order valence-electron chi connectivity index (χ2n) is 6.98. The summed E-state index contributed by atoms with van der Waals surface area (Å²) in [6, 6.07) is 4.40. The molecule has 1 aliphatic carbocycles. The van der Waals surface area contributed by atoms with Gasteiger partial charge in [0.05, 0.1) is 17.6 Å². The van der Waals surface area contributed by atoms with E-state index in [4.69, 9.17) is 0 Å². The summed E-state index contributed by atoms with van der Waals surface area (Å²) in [6.07, 6.45) is 1.87. The van der Waals surface area contributed by atoms with Gasteiger partial charge in [-0.15, -0.1) is 0 Å². The lowest BCUT2D eigenvalue weighted by Crippen LogP contribution is -2.42. The Morgan fingerprint density at radius 2 is 1.75 bits per heavy atom. The van der Waals surface area contributed by atoms with Crippen LogP contribution >= 0.6 is 0 Å². The molecule has 1 saturated carbocycles. The molecule has 0 bridgehead atoms. The summed E-state index contributed by atoms with van der Waals surface area (Å²) >= 11 is 0. The second kappa shape index (κ2) is 4.32. The van der Waals surface area contributed by atoms with Crippen molar-refractivity contribution in [3.8, 4) is 0 Å². The van der Waals surface area contributed by atoms with Crippen molar-refractivity contribution in [3.63, 3.8) is 0 Å². The first kappa shape index (κ1) is 13.6. The number of nitrogens with one attached hydrogen (secondary N) is 1. The van der Waals surface area contributed by atoms with E-state index in [2.05, 4.69) is 31.3 Å². The highest BCUT2D eigenvalue weighted by Gasteiger charge is 2.48. The number of hydrogen-bond acceptors (Lipinski definition) is 2. The van der Waals surface area contributed by atoms with Crippen molar-refractivity contribution in [1.82, 2.24) is 5.32 Å². The quantitative estimate of drug-likeness (QED) is 0.870. The number of hydrogen-bond donors (Lipinski definition) is 2. The van der Waals surface area contributed by atoms with E-state index in [1.165, 1.54) is 18.4 Å². The molecule has 3 rings (SSSR count). The Balaban J connectivity index is 2.04. The summed E-state index contributed by atoms with van der Waals surface area (Å²) in [5.74, 6) is 0.200. The van der Waals surface area contributed by atoms with Gasteiger partial charge in [-0.1, -0.05) is 12.1 Å². The summed E-state index contributed by atoms with van der Waals surface area (Å²) in [5.41, 5.74) is 4.09. The van der Waals surface area contributed by atoms with Gasteiger partial charge in [-0.05, 0) is 68.7 Å². The first-order chi connectivity index (χ1) is 9.31. The zero-order valence-electron chi connectivity index (χ0n) is 12.7. The van der Waals surface area contributed by atoms with Gasteiger partial charge in [0, 0.05) is 0 Å². The molecule has 1 saturated heterocycles. The number of benzene rings is 1. The van der Waals surface area contributed by atoms with E-state index in [0.717, 1.165) is 16.7 Å². The van der Waals surface area contributed by atoms with E-state index in [0.29, 0.717) is 5.92 Å². The van der Waals surface area contributed by atoms with Crippen LogP contribution in [-0.2, 0) is 4.79 Å². The summed E-state index contributed by atoms with van der Waals surface area (Å²) in [5, 5.41) is 13.4. The smallest absolute Gasteiger partial charge is 0.230 e. The van der Waals surface area contributed by atoms with Gasteiger partial charge in [0.15, 0.2) is 0 Å². The normalized spacial score (nSPS) is 28.6. The van der Waals surface area contributed by atoms with E-state index in [1.54, 1.807) is 0 Å². The van der Waals surface area contributed by atoms with Crippen molar-refractivity contribution in [3.05, 3.63) is 34.4 Å². The monoisotopic (exact) mass is 273 g/mol. The van der Waals surface area contributed by atoms with Crippen molar-refractivity contribution in [2.45, 2.75) is 64.0 Å². The largest absolute Gasteiger partial charge is 0.390 e. The molecule has 1 amide bonds. The van der Waals surface area contributed by atoms with Crippen LogP contribution < -0.4 is 5.32 Å². The second-order valence-corrected chi connectivity index (χ2v) is 6.98. The molecule has 3 heteroatoms. The molecular formula is C17H23NO2. The fourth-order valence-corrected chi connectivity index (χ4v) is 3.47. The molecule has 1 heterocycles. The first-order valence-corrected chi connectivity index (χ1v) is 7.42. The number of aliphatic hydroxyl groups is 1. The minimum atomic E-state index is -0.681. The predicted molar refractivity (Wildman–Crippen MR) is 78.9 cm³/mol. The number of rotatable bonds is 2. The molecule has 108 valence electrons. The number of aliphatic hydroxyl groups excluding tert-OH is 1. The van der Waals surface area contributed by atoms with Crippen molar-refractivity contribution in [1.29, 1.82) is 0 Å². The Morgan fingerprint density at radius 3 is 2.15 bits per heavy atom. The van der Waals surface area contributed by atoms with Crippen LogP contribution in [0.25, 0.3) is 0 Å². The SMILES string of the molecule is Cc1cc(C2CC2)cc(C)c1C1C(=O)NC(C)(C)C1O. The Kier molecular flexibility index (Phi) is 2.94. The molecule has 2 N–H and O–H groups in total. The summed E-state index contributed by atoms with van der Waals surface area (Å²) in [7, 11) is 0. The zero-order valence-corrected chi connectivity index (χ0v) is 12.7. The van der Waals surface area contributed by atoms with E-state index < -0.39 is 17.6 Å². The van der Waals surface area contributed by atoms with Gasteiger partial charge in [0.1, 0.15) is 0 Å². The van der Waals surface area contributed by atoms with Gasteiger partial charge in [-0.2, -0.15) is 0 Å². The van der Waals surface area contributed by atoms with E-state index in [-0.39, 0.29) is 5.91 Å². The number of aryl methyl sites for hydroxylation is 2. The van der Waals surface area contributed by atoms with Crippen LogP contribution in [0, 0.1) is 13.8 Å². The van der Waals surface area contributed by atoms with Gasteiger partial charge in [-0.25, -0.2) is 0 Å². The molecule has 20 heavy (non-hydrogen) atoms. The highest BCUT2D eigenvalue weighted by Crippen LogP contribution is 2.43. The highest BCUT2D eigenvalue weighted by atomic mass is 16.3. The van der Waals surface area contributed by atoms with Crippen LogP contribution in [0.4, 0.5) is 0 Å². The summed E-state index contributed by atoms with van der Waals surface area (Å²) in [4.78, 5) is 12.3. The number of carbonyl (C=O) groups excluding carboxylic acids is 1. The molecule has 0 radical (unpaired) electrons. The fraction of sp³-hybridized carbons (Fsp3) is 0.588. The maximum absolute atomic E-state index is 12.3. The molecule has 1 aromatic rings. The van der Waals surface area contributed by atoms with Crippen molar-refractivity contribution in [2.24, 2.45) is 0 Å². The van der Waals surface area contributed by atoms with Crippen LogP contribution in [0.5, 0.6) is 0 Å². The molecule has 2 aliphatic rings. The van der Waals surface area contributed by atoms with Crippen LogP contribution in [0.3, 0.4) is 0 Å². The van der Waals surface area contributed by atoms with Crippen LogP contribution in [-0.4, -0.2) is 22.7 Å². The molecule has 2 atom stereocenters. The molecular weight excluding hydrogens is 250 g/mol. The maximum Gasteiger partial charge on any atom is 0.230 e. The summed E-state index contributed by atoms with van der Waals surface area (Å²) < 4.78 is 0. The Labute approximate surface area is 120 Å². The van der Waals surface area contributed by atoms with E-state index in [9.17, 15) is 9.90 Å². The molecule has 0 aromatic heterocycles. The maximum atomic E-state index is 12.3. The third-order valence-corrected chi connectivity index (χ3v) is 4.76. The Bertz CT molecular complexity index is 549. The Morgan fingerprint density at radius 1 is 1.20 bits per heavy atom. The predicted octanol–water partition coefficient (Wildman–Crippen LogP) is 2.53. The molecule has 1 aliphatic heterocycles. The average molecular weight is 273 g/mol. The van der Waals surface area contributed by atoms with E-state index >= 15 is 0 Å². The first-order valence-electron chi connectivity index (χ1n) is 7.42. The lowest BCUT2D eigenvalue weighted by atomic mass is 9.82. The highest BCUT2D eigenvalue weighted by molar-refractivity contribution is 5.89. The molecule has 2 fully saturated rings. The lowest BCUT2D eigenvalue weighted by Gasteiger charge is -2.25. The molecule has 0 spiro atoms. The fourth-order valence-electron chi connectivity index (χ4n) is 3.47. The van der Waals surface area contributed by atoms with Gasteiger partial charge in [-0.3, -0.25) is 4.79 Å². The summed E-state index contributed by atoms with van der Waals surface area (Å²) in [6.45, 7) is 7.86. The van der Waals surface area contributed by atoms with Crippen molar-refractivity contribution in [2.75, 3.05) is 0 Å². The minimum absolute atomic E-state index is 0.0622. The third-order valence-electron chi connectivity index (χ3n) is 4.76. The van der Waals surface area contributed by atoms with Crippen LogP contribution in [0.1, 0.15) is 60.8 Å². The van der Waals surface area contributed by atoms with Gasteiger partial charge >= 0.3 is 0 Å². The topological polar surface area (TPSA) is 49.3 Å². The molecule has 3 nitrogen and oxygen atoms in total. The van der Waals surface area contributed by atoms with Gasteiger partial charge < -0.3 is 10.4 Å². The Hall–Kier alpha value is -1.35.